The number of hydrogen-bond donors (Lipinski definition) is 1. The number of aryl methyl sites for hydroxylation is 1. The molecule has 2 unspecified atom stereocenters. The number of pyridine rings is 1. The van der Waals surface area contributed by atoms with Crippen molar-refractivity contribution in [1.29, 1.82) is 0 Å². The number of carboxylic acids is 1. The van der Waals surface area contributed by atoms with Crippen LogP contribution < -0.4 is 0 Å². The molecular weight excluding hydrogens is 563 g/mol. The minimum atomic E-state index is -4.42. The molecule has 0 fully saturated rings. The number of benzene rings is 2. The maximum atomic E-state index is 13.0. The van der Waals surface area contributed by atoms with Crippen molar-refractivity contribution in [3.8, 4) is 22.3 Å². The van der Waals surface area contributed by atoms with Gasteiger partial charge < -0.3 is 9.84 Å². The summed E-state index contributed by atoms with van der Waals surface area (Å²) < 4.78 is 44.2. The standard InChI is InChI=1S/C37H48F3NO3/c1-3-4-5-6-7-8-9-13-18-33-22-20-32(27-41-33)35-26-31(21-23-34(35)30-15-11-10-12-16-30)29(17-14-19-36(42)43)24-25-44-28(2)37(38,39)40/h10-12,15-16,20-23,26-29H,3-9,13-14,17-19,24-25H2,1-2H3,(H,42,43). The number of halogens is 3. The molecule has 0 bridgehead atoms. The second-order valence-electron chi connectivity index (χ2n) is 11.8. The summed E-state index contributed by atoms with van der Waals surface area (Å²) >= 11 is 0. The molecule has 44 heavy (non-hydrogen) atoms. The van der Waals surface area contributed by atoms with Crippen molar-refractivity contribution in [2.45, 2.75) is 116 Å². The van der Waals surface area contributed by atoms with Crippen molar-refractivity contribution in [3.63, 3.8) is 0 Å². The summed E-state index contributed by atoms with van der Waals surface area (Å²) in [5.74, 6) is -1.03. The molecule has 240 valence electrons. The van der Waals surface area contributed by atoms with Crippen molar-refractivity contribution in [1.82, 2.24) is 4.98 Å². The molecule has 2 atom stereocenters. The first kappa shape index (κ1) is 35.3. The zero-order valence-corrected chi connectivity index (χ0v) is 26.2. The van der Waals surface area contributed by atoms with E-state index in [-0.39, 0.29) is 18.9 Å². The zero-order valence-electron chi connectivity index (χ0n) is 26.2. The Hall–Kier alpha value is -3.19. The number of hydrogen-bond acceptors (Lipinski definition) is 3. The maximum Gasteiger partial charge on any atom is 0.414 e. The third kappa shape index (κ3) is 12.1. The van der Waals surface area contributed by atoms with E-state index in [1.54, 1.807) is 0 Å². The molecule has 0 aliphatic carbocycles. The smallest absolute Gasteiger partial charge is 0.414 e. The normalized spacial score (nSPS) is 13.1. The number of carboxylic acid groups (broad SMARTS) is 1. The summed E-state index contributed by atoms with van der Waals surface area (Å²) in [4.78, 5) is 16.0. The van der Waals surface area contributed by atoms with Crippen LogP contribution in [0.3, 0.4) is 0 Å². The van der Waals surface area contributed by atoms with Crippen molar-refractivity contribution < 1.29 is 27.8 Å². The van der Waals surface area contributed by atoms with E-state index in [2.05, 4.69) is 43.3 Å². The van der Waals surface area contributed by atoms with Crippen molar-refractivity contribution in [2.24, 2.45) is 0 Å². The molecule has 4 nitrogen and oxygen atoms in total. The molecular formula is C37H48F3NO3. The first-order valence-electron chi connectivity index (χ1n) is 16.2. The molecule has 0 saturated carbocycles. The van der Waals surface area contributed by atoms with Gasteiger partial charge in [0.05, 0.1) is 0 Å². The highest BCUT2D eigenvalue weighted by molar-refractivity contribution is 5.83. The van der Waals surface area contributed by atoms with Gasteiger partial charge in [-0.3, -0.25) is 9.78 Å². The molecule has 0 aliphatic rings. The molecule has 1 N–H and O–H groups in total. The van der Waals surface area contributed by atoms with E-state index >= 15 is 0 Å². The van der Waals surface area contributed by atoms with E-state index in [4.69, 9.17) is 9.72 Å². The fraction of sp³-hybridized carbons (Fsp3) is 0.514. The van der Waals surface area contributed by atoms with Gasteiger partial charge in [-0.05, 0) is 73.3 Å². The molecule has 7 heteroatoms. The summed E-state index contributed by atoms with van der Waals surface area (Å²) in [6, 6.07) is 20.4. The topological polar surface area (TPSA) is 59.4 Å². The molecule has 0 saturated heterocycles. The summed E-state index contributed by atoms with van der Waals surface area (Å²) in [5.41, 5.74) is 6.08. The molecule has 3 rings (SSSR count). The Bertz CT molecular complexity index is 1250. The van der Waals surface area contributed by atoms with E-state index in [0.717, 1.165) is 53.3 Å². The second-order valence-corrected chi connectivity index (χ2v) is 11.8. The number of rotatable bonds is 20. The highest BCUT2D eigenvalue weighted by Crippen LogP contribution is 2.37. The summed E-state index contributed by atoms with van der Waals surface area (Å²) in [6.45, 7) is 3.18. The van der Waals surface area contributed by atoms with Crippen molar-refractivity contribution in [3.05, 3.63) is 78.1 Å². The van der Waals surface area contributed by atoms with Gasteiger partial charge in [0.15, 0.2) is 6.10 Å². The Balaban J connectivity index is 1.79. The van der Waals surface area contributed by atoms with Gasteiger partial charge in [0, 0.05) is 30.5 Å². The Morgan fingerprint density at radius 3 is 2.18 bits per heavy atom. The molecule has 1 aromatic heterocycles. The second kappa shape index (κ2) is 18.6. The van der Waals surface area contributed by atoms with Crippen LogP contribution in [0.4, 0.5) is 13.2 Å². The molecule has 0 amide bonds. The zero-order chi connectivity index (χ0) is 31.8. The average molecular weight is 612 g/mol. The van der Waals surface area contributed by atoms with Crippen LogP contribution in [0.1, 0.15) is 108 Å². The van der Waals surface area contributed by atoms with Crippen LogP contribution >= 0.6 is 0 Å². The maximum absolute atomic E-state index is 13.0. The van der Waals surface area contributed by atoms with Gasteiger partial charge in [0.25, 0.3) is 0 Å². The average Bonchev–Trinajstić information content (AvgIpc) is 3.01. The quantitative estimate of drug-likeness (QED) is 0.129. The van der Waals surface area contributed by atoms with E-state index in [0.29, 0.717) is 19.3 Å². The Labute approximate surface area is 261 Å². The lowest BCUT2D eigenvalue weighted by Crippen LogP contribution is -2.29. The van der Waals surface area contributed by atoms with Crippen LogP contribution in [0.25, 0.3) is 22.3 Å². The van der Waals surface area contributed by atoms with Crippen molar-refractivity contribution in [2.75, 3.05) is 6.61 Å². The monoisotopic (exact) mass is 611 g/mol. The highest BCUT2D eigenvalue weighted by Gasteiger charge is 2.36. The molecule has 0 spiro atoms. The minimum Gasteiger partial charge on any atom is -0.481 e. The van der Waals surface area contributed by atoms with E-state index in [9.17, 15) is 23.1 Å². The number of alkyl halides is 3. The van der Waals surface area contributed by atoms with Crippen LogP contribution in [0, 0.1) is 0 Å². The van der Waals surface area contributed by atoms with E-state index < -0.39 is 18.2 Å². The number of aliphatic carboxylic acids is 1. The third-order valence-electron chi connectivity index (χ3n) is 8.26. The van der Waals surface area contributed by atoms with Crippen LogP contribution in [0.15, 0.2) is 66.9 Å². The molecule has 3 aromatic rings. The van der Waals surface area contributed by atoms with E-state index in [1.807, 2.05) is 30.5 Å². The lowest BCUT2D eigenvalue weighted by atomic mass is 9.86. The van der Waals surface area contributed by atoms with Crippen LogP contribution in [0.2, 0.25) is 0 Å². The SMILES string of the molecule is CCCCCCCCCCc1ccc(-c2cc(C(CCCC(=O)O)CCOC(C)C(F)(F)F)ccc2-c2ccccc2)cn1. The molecule has 2 aromatic carbocycles. The summed E-state index contributed by atoms with van der Waals surface area (Å²) in [6.07, 6.45) is 8.08. The largest absolute Gasteiger partial charge is 0.481 e. The van der Waals surface area contributed by atoms with Crippen LogP contribution in [-0.2, 0) is 16.0 Å². The number of aromatic nitrogens is 1. The van der Waals surface area contributed by atoms with Gasteiger partial charge >= 0.3 is 12.1 Å². The molecule has 1 heterocycles. The van der Waals surface area contributed by atoms with Gasteiger partial charge in [-0.1, -0.05) is 106 Å². The van der Waals surface area contributed by atoms with Gasteiger partial charge in [0.2, 0.25) is 0 Å². The predicted molar refractivity (Wildman–Crippen MR) is 172 cm³/mol. The molecule has 0 radical (unpaired) electrons. The first-order chi connectivity index (χ1) is 21.2. The van der Waals surface area contributed by atoms with Crippen LogP contribution in [0.5, 0.6) is 0 Å². The van der Waals surface area contributed by atoms with Crippen LogP contribution in [-0.4, -0.2) is 34.9 Å². The Kier molecular flexibility index (Phi) is 14.9. The van der Waals surface area contributed by atoms with E-state index in [1.165, 1.54) is 44.9 Å². The fourth-order valence-corrected chi connectivity index (χ4v) is 5.55. The van der Waals surface area contributed by atoms with Gasteiger partial charge in [-0.15, -0.1) is 0 Å². The van der Waals surface area contributed by atoms with Gasteiger partial charge in [-0.25, -0.2) is 0 Å². The van der Waals surface area contributed by atoms with Crippen molar-refractivity contribution >= 4 is 5.97 Å². The highest BCUT2D eigenvalue weighted by atomic mass is 19.4. The minimum absolute atomic E-state index is 0.00943. The summed E-state index contributed by atoms with van der Waals surface area (Å²) in [5, 5.41) is 9.18. The Morgan fingerprint density at radius 1 is 0.841 bits per heavy atom. The number of unbranched alkanes of at least 4 members (excludes halogenated alkanes) is 7. The lowest BCUT2D eigenvalue weighted by Gasteiger charge is -2.22. The summed E-state index contributed by atoms with van der Waals surface area (Å²) in [7, 11) is 0. The van der Waals surface area contributed by atoms with Gasteiger partial charge in [0.1, 0.15) is 0 Å². The van der Waals surface area contributed by atoms with Gasteiger partial charge in [-0.2, -0.15) is 13.2 Å². The number of carbonyl (C=O) groups is 1. The predicted octanol–water partition coefficient (Wildman–Crippen LogP) is 10.8. The number of ether oxygens (including phenoxy) is 1. The Morgan fingerprint density at radius 2 is 1.55 bits per heavy atom. The third-order valence-corrected chi connectivity index (χ3v) is 8.26. The molecule has 0 aliphatic heterocycles. The first-order valence-corrected chi connectivity index (χ1v) is 16.2. The number of nitrogens with zero attached hydrogens (tertiary/aromatic N) is 1. The lowest BCUT2D eigenvalue weighted by molar-refractivity contribution is -0.214. The fourth-order valence-electron chi connectivity index (χ4n) is 5.55.